The van der Waals surface area contributed by atoms with Gasteiger partial charge in [-0.15, -0.1) is 0 Å². The van der Waals surface area contributed by atoms with Crippen LogP contribution in [0.25, 0.3) is 11.1 Å². The lowest BCUT2D eigenvalue weighted by Gasteiger charge is -2.34. The predicted molar refractivity (Wildman–Crippen MR) is 88.0 cm³/mol. The van der Waals surface area contributed by atoms with Gasteiger partial charge in [0.1, 0.15) is 0 Å². The van der Waals surface area contributed by atoms with Gasteiger partial charge in [0.2, 0.25) is 0 Å². The Balaban J connectivity index is 1.76. The summed E-state index contributed by atoms with van der Waals surface area (Å²) in [5, 5.41) is 7.30. The number of hydrogen-bond acceptors (Lipinski definition) is 3. The van der Waals surface area contributed by atoms with E-state index in [1.807, 2.05) is 19.1 Å². The van der Waals surface area contributed by atoms with Gasteiger partial charge in [-0.3, -0.25) is 5.10 Å². The average Bonchev–Trinajstić information content (AvgIpc) is 2.77. The fraction of sp³-hybridized carbons (Fsp3) is 0.438. The Hall–Kier alpha value is -1.33. The van der Waals surface area contributed by atoms with Crippen molar-refractivity contribution in [2.24, 2.45) is 5.92 Å². The number of rotatable bonds is 5. The molecule has 0 aliphatic heterocycles. The van der Waals surface area contributed by atoms with Crippen LogP contribution in [0.4, 0.5) is 5.82 Å². The summed E-state index contributed by atoms with van der Waals surface area (Å²) >= 11 is 3.51. The first-order valence-electron chi connectivity index (χ1n) is 7.37. The number of benzene rings is 1. The molecule has 0 spiro atoms. The van der Waals surface area contributed by atoms with E-state index in [1.54, 1.807) is 0 Å². The van der Waals surface area contributed by atoms with E-state index in [-0.39, 0.29) is 0 Å². The van der Waals surface area contributed by atoms with Gasteiger partial charge in [0.05, 0.1) is 6.10 Å². The highest BCUT2D eigenvalue weighted by Crippen LogP contribution is 2.37. The molecule has 2 aromatic rings. The zero-order chi connectivity index (χ0) is 14.8. The van der Waals surface area contributed by atoms with E-state index < -0.39 is 0 Å². The minimum atomic E-state index is 0.439. The number of nitrogen functional groups attached to an aromatic ring is 1. The van der Waals surface area contributed by atoms with Crippen molar-refractivity contribution >= 4 is 21.7 Å². The molecule has 1 saturated carbocycles. The molecule has 1 aliphatic rings. The van der Waals surface area contributed by atoms with Crippen molar-refractivity contribution in [3.05, 3.63) is 34.4 Å². The van der Waals surface area contributed by atoms with E-state index in [9.17, 15) is 0 Å². The molecule has 3 N–H and O–H groups in total. The molecule has 0 saturated heterocycles. The van der Waals surface area contributed by atoms with Crippen molar-refractivity contribution in [1.29, 1.82) is 0 Å². The van der Waals surface area contributed by atoms with E-state index in [4.69, 9.17) is 10.5 Å². The Morgan fingerprint density at radius 2 is 2.24 bits per heavy atom. The lowest BCUT2D eigenvalue weighted by Crippen LogP contribution is -2.32. The molecule has 1 aromatic heterocycles. The average molecular weight is 350 g/mol. The van der Waals surface area contributed by atoms with E-state index in [2.05, 4.69) is 38.3 Å². The van der Waals surface area contributed by atoms with E-state index in [0.717, 1.165) is 47.2 Å². The Kier molecular flexibility index (Phi) is 4.31. The fourth-order valence-corrected chi connectivity index (χ4v) is 3.41. The summed E-state index contributed by atoms with van der Waals surface area (Å²) in [6.07, 6.45) is 3.68. The van der Waals surface area contributed by atoms with Crippen LogP contribution in [0.5, 0.6) is 0 Å². The van der Waals surface area contributed by atoms with E-state index in [1.165, 1.54) is 0 Å². The topological polar surface area (TPSA) is 63.9 Å². The molecular weight excluding hydrogens is 330 g/mol. The first-order chi connectivity index (χ1) is 10.2. The first-order valence-corrected chi connectivity index (χ1v) is 8.17. The molecule has 5 heteroatoms. The number of nitrogens with one attached hydrogen (secondary N) is 1. The van der Waals surface area contributed by atoms with Gasteiger partial charge >= 0.3 is 0 Å². The summed E-state index contributed by atoms with van der Waals surface area (Å²) in [7, 11) is 0. The summed E-state index contributed by atoms with van der Waals surface area (Å²) in [5.74, 6) is 1.23. The zero-order valence-electron chi connectivity index (χ0n) is 12.1. The van der Waals surface area contributed by atoms with Gasteiger partial charge in [0.25, 0.3) is 0 Å². The van der Waals surface area contributed by atoms with Gasteiger partial charge in [-0.25, -0.2) is 0 Å². The summed E-state index contributed by atoms with van der Waals surface area (Å²) in [4.78, 5) is 0. The monoisotopic (exact) mass is 349 g/mol. The second-order valence-electron chi connectivity index (χ2n) is 5.59. The molecule has 21 heavy (non-hydrogen) atoms. The number of halogens is 1. The molecule has 1 fully saturated rings. The van der Waals surface area contributed by atoms with Crippen LogP contribution in [-0.2, 0) is 11.2 Å². The van der Waals surface area contributed by atoms with Gasteiger partial charge in [0, 0.05) is 22.3 Å². The van der Waals surface area contributed by atoms with E-state index >= 15 is 0 Å². The minimum Gasteiger partial charge on any atom is -0.382 e. The minimum absolute atomic E-state index is 0.439. The molecule has 3 rings (SSSR count). The number of aromatic amines is 1. The first kappa shape index (κ1) is 14.6. The maximum atomic E-state index is 6.05. The number of anilines is 1. The van der Waals surface area contributed by atoms with Crippen LogP contribution in [0.3, 0.4) is 0 Å². The molecule has 0 unspecified atom stereocenters. The molecule has 1 heterocycles. The third-order valence-electron chi connectivity index (χ3n) is 4.07. The quantitative estimate of drug-likeness (QED) is 0.863. The maximum absolute atomic E-state index is 6.05. The van der Waals surface area contributed by atoms with Crippen LogP contribution >= 0.6 is 15.9 Å². The zero-order valence-corrected chi connectivity index (χ0v) is 13.7. The number of hydrogen-bond donors (Lipinski definition) is 2. The molecule has 0 amide bonds. The number of H-pyrrole nitrogens is 1. The maximum Gasteiger partial charge on any atom is 0.153 e. The number of ether oxygens (including phenoxy) is 1. The third kappa shape index (κ3) is 3.14. The summed E-state index contributed by atoms with van der Waals surface area (Å²) < 4.78 is 6.67. The smallest absolute Gasteiger partial charge is 0.153 e. The van der Waals surface area contributed by atoms with Crippen LogP contribution < -0.4 is 5.73 Å². The SMILES string of the molecule is CCOC1CC(Cc2[nH]nc(N)c2-c2cccc(Br)c2)C1. The largest absolute Gasteiger partial charge is 0.382 e. The molecule has 1 aliphatic carbocycles. The van der Waals surface area contributed by atoms with Crippen molar-refractivity contribution < 1.29 is 4.74 Å². The number of nitrogens with zero attached hydrogens (tertiary/aromatic N) is 1. The van der Waals surface area contributed by atoms with Crippen LogP contribution in [0, 0.1) is 5.92 Å². The number of aromatic nitrogens is 2. The predicted octanol–water partition coefficient (Wildman–Crippen LogP) is 3.78. The molecule has 0 bridgehead atoms. The Morgan fingerprint density at radius 3 is 2.95 bits per heavy atom. The van der Waals surface area contributed by atoms with E-state index in [0.29, 0.717) is 17.8 Å². The van der Waals surface area contributed by atoms with Crippen LogP contribution in [0.1, 0.15) is 25.5 Å². The highest BCUT2D eigenvalue weighted by molar-refractivity contribution is 9.10. The Bertz CT molecular complexity index is 620. The molecule has 1 aromatic carbocycles. The van der Waals surface area contributed by atoms with Crippen LogP contribution in [-0.4, -0.2) is 22.9 Å². The van der Waals surface area contributed by atoms with Crippen molar-refractivity contribution in [2.75, 3.05) is 12.3 Å². The van der Waals surface area contributed by atoms with Gasteiger partial charge < -0.3 is 10.5 Å². The molecule has 0 atom stereocenters. The van der Waals surface area contributed by atoms with Crippen molar-refractivity contribution in [3.8, 4) is 11.1 Å². The van der Waals surface area contributed by atoms with Crippen LogP contribution in [0.2, 0.25) is 0 Å². The summed E-state index contributed by atoms with van der Waals surface area (Å²) in [5.41, 5.74) is 9.32. The molecular formula is C16H20BrN3O. The lowest BCUT2D eigenvalue weighted by molar-refractivity contribution is -0.0242. The molecule has 4 nitrogen and oxygen atoms in total. The summed E-state index contributed by atoms with van der Waals surface area (Å²) in [6, 6.07) is 8.18. The standard InChI is InChI=1S/C16H20BrN3O/c1-2-21-13-6-10(7-13)8-14-15(16(18)20-19-14)11-4-3-5-12(17)9-11/h3-5,9-10,13H,2,6-8H2,1H3,(H3,18,19,20). The van der Waals surface area contributed by atoms with Crippen molar-refractivity contribution in [2.45, 2.75) is 32.3 Å². The van der Waals surface area contributed by atoms with Crippen LogP contribution in [0.15, 0.2) is 28.7 Å². The normalized spacial score (nSPS) is 21.2. The second kappa shape index (κ2) is 6.20. The molecule has 0 radical (unpaired) electrons. The van der Waals surface area contributed by atoms with Gasteiger partial charge in [-0.1, -0.05) is 28.1 Å². The van der Waals surface area contributed by atoms with Gasteiger partial charge in [0.15, 0.2) is 5.82 Å². The van der Waals surface area contributed by atoms with Crippen molar-refractivity contribution in [3.63, 3.8) is 0 Å². The third-order valence-corrected chi connectivity index (χ3v) is 4.56. The van der Waals surface area contributed by atoms with Gasteiger partial charge in [-0.2, -0.15) is 5.10 Å². The Labute approximate surface area is 133 Å². The highest BCUT2D eigenvalue weighted by Gasteiger charge is 2.31. The molecule has 112 valence electrons. The second-order valence-corrected chi connectivity index (χ2v) is 6.51. The lowest BCUT2D eigenvalue weighted by atomic mass is 9.78. The fourth-order valence-electron chi connectivity index (χ4n) is 3.01. The Morgan fingerprint density at radius 1 is 1.43 bits per heavy atom. The van der Waals surface area contributed by atoms with Gasteiger partial charge in [-0.05, 0) is 49.8 Å². The summed E-state index contributed by atoms with van der Waals surface area (Å²) in [6.45, 7) is 2.85. The van der Waals surface area contributed by atoms with Crippen molar-refractivity contribution in [1.82, 2.24) is 10.2 Å². The number of nitrogens with two attached hydrogens (primary N) is 1. The highest BCUT2D eigenvalue weighted by atomic mass is 79.9.